The maximum Gasteiger partial charge on any atom is 0.123 e. The van der Waals surface area contributed by atoms with Crippen LogP contribution in [-0.4, -0.2) is 11.2 Å². The van der Waals surface area contributed by atoms with Crippen molar-refractivity contribution in [1.29, 1.82) is 0 Å². The molecule has 0 aliphatic rings. The molecular weight excluding hydrogens is 142 g/mol. The summed E-state index contributed by atoms with van der Waals surface area (Å²) in [5.74, 6) is 1.45. The lowest BCUT2D eigenvalue weighted by Crippen LogP contribution is -2.22. The lowest BCUT2D eigenvalue weighted by molar-refractivity contribution is 0.153. The van der Waals surface area contributed by atoms with Gasteiger partial charge in [0, 0.05) is 0 Å². The predicted octanol–water partition coefficient (Wildman–Crippen LogP) is 0.969. The van der Waals surface area contributed by atoms with Gasteiger partial charge in [-0.25, -0.2) is 0 Å². The zero-order chi connectivity index (χ0) is 8.43. The lowest BCUT2D eigenvalue weighted by Gasteiger charge is -2.10. The van der Waals surface area contributed by atoms with E-state index in [1.165, 1.54) is 0 Å². The quantitative estimate of drug-likeness (QED) is 0.669. The first kappa shape index (κ1) is 8.30. The summed E-state index contributed by atoms with van der Waals surface area (Å²) in [5.41, 5.74) is 5.61. The van der Waals surface area contributed by atoms with Crippen LogP contribution in [0.3, 0.4) is 0 Å². The van der Waals surface area contributed by atoms with Crippen molar-refractivity contribution in [2.45, 2.75) is 26.0 Å². The van der Waals surface area contributed by atoms with Crippen LogP contribution in [0, 0.1) is 6.92 Å². The molecule has 0 aliphatic carbocycles. The first-order chi connectivity index (χ1) is 5.11. The Labute approximate surface area is 65.8 Å². The molecule has 0 saturated heterocycles. The Morgan fingerprint density at radius 3 is 2.55 bits per heavy atom. The molecule has 1 heterocycles. The monoisotopic (exact) mass is 155 g/mol. The van der Waals surface area contributed by atoms with Gasteiger partial charge in [0.15, 0.2) is 0 Å². The molecule has 0 unspecified atom stereocenters. The number of rotatable bonds is 2. The average Bonchev–Trinajstić information content (AvgIpc) is 2.34. The molecule has 3 nitrogen and oxygen atoms in total. The Hall–Kier alpha value is -0.800. The summed E-state index contributed by atoms with van der Waals surface area (Å²) in [5, 5.41) is 9.10. The van der Waals surface area contributed by atoms with E-state index in [-0.39, 0.29) is 0 Å². The zero-order valence-corrected chi connectivity index (χ0v) is 6.74. The molecule has 62 valence electrons. The first-order valence-electron chi connectivity index (χ1n) is 3.61. The Morgan fingerprint density at radius 1 is 1.55 bits per heavy atom. The Kier molecular flexibility index (Phi) is 2.31. The van der Waals surface area contributed by atoms with E-state index >= 15 is 0 Å². The number of nitrogens with two attached hydrogens (primary N) is 1. The van der Waals surface area contributed by atoms with Crippen LogP contribution in [0.5, 0.6) is 0 Å². The molecule has 0 spiro atoms. The normalized spacial score (nSPS) is 16.4. The van der Waals surface area contributed by atoms with Crippen molar-refractivity contribution in [3.8, 4) is 0 Å². The third-order valence-corrected chi connectivity index (χ3v) is 1.61. The lowest BCUT2D eigenvalue weighted by atomic mass is 10.1. The number of hydrogen-bond donors (Lipinski definition) is 2. The van der Waals surface area contributed by atoms with Crippen LogP contribution >= 0.6 is 0 Å². The molecule has 1 aromatic heterocycles. The molecule has 1 aromatic rings. The smallest absolute Gasteiger partial charge is 0.123 e. The predicted molar refractivity (Wildman–Crippen MR) is 42.1 cm³/mol. The molecule has 1 rings (SSSR count). The summed E-state index contributed by atoms with van der Waals surface area (Å²) < 4.78 is 5.22. The molecule has 0 radical (unpaired) electrons. The van der Waals surface area contributed by atoms with E-state index in [1.807, 2.05) is 13.0 Å². The molecule has 0 amide bonds. The van der Waals surface area contributed by atoms with Crippen LogP contribution in [-0.2, 0) is 0 Å². The van der Waals surface area contributed by atoms with E-state index in [1.54, 1.807) is 13.0 Å². The van der Waals surface area contributed by atoms with Gasteiger partial charge in [0.1, 0.15) is 11.5 Å². The van der Waals surface area contributed by atoms with Crippen LogP contribution in [0.4, 0.5) is 0 Å². The summed E-state index contributed by atoms with van der Waals surface area (Å²) in [6.45, 7) is 3.49. The van der Waals surface area contributed by atoms with Crippen molar-refractivity contribution < 1.29 is 9.52 Å². The van der Waals surface area contributed by atoms with E-state index in [0.717, 1.165) is 5.76 Å². The van der Waals surface area contributed by atoms with Crippen LogP contribution in [0.1, 0.15) is 24.5 Å². The summed E-state index contributed by atoms with van der Waals surface area (Å²) in [6, 6.07) is 3.20. The van der Waals surface area contributed by atoms with E-state index in [9.17, 15) is 0 Å². The fraction of sp³-hybridized carbons (Fsp3) is 0.500. The van der Waals surface area contributed by atoms with Gasteiger partial charge >= 0.3 is 0 Å². The minimum atomic E-state index is -0.569. The van der Waals surface area contributed by atoms with Gasteiger partial charge in [0.05, 0.1) is 12.1 Å². The van der Waals surface area contributed by atoms with Crippen molar-refractivity contribution >= 4 is 0 Å². The first-order valence-corrected chi connectivity index (χ1v) is 3.61. The summed E-state index contributed by atoms with van der Waals surface area (Å²) >= 11 is 0. The fourth-order valence-electron chi connectivity index (χ4n) is 0.870. The SMILES string of the molecule is Cc1ccc([C@H](N)[C@H](C)O)o1. The van der Waals surface area contributed by atoms with E-state index in [2.05, 4.69) is 0 Å². The van der Waals surface area contributed by atoms with Crippen LogP contribution in [0.25, 0.3) is 0 Å². The molecule has 3 N–H and O–H groups in total. The maximum atomic E-state index is 9.10. The highest BCUT2D eigenvalue weighted by atomic mass is 16.3. The number of aliphatic hydroxyl groups excluding tert-OH is 1. The fourth-order valence-corrected chi connectivity index (χ4v) is 0.870. The topological polar surface area (TPSA) is 59.4 Å². The molecule has 2 atom stereocenters. The standard InChI is InChI=1S/C8H13NO2/c1-5-3-4-7(11-5)8(9)6(2)10/h3-4,6,8,10H,9H2,1-2H3/t6-,8+/m0/s1. The second-order valence-electron chi connectivity index (χ2n) is 2.71. The Balaban J connectivity index is 2.76. The Bertz CT molecular complexity index is 230. The average molecular weight is 155 g/mol. The minimum absolute atomic E-state index is 0.413. The number of hydrogen-bond acceptors (Lipinski definition) is 3. The maximum absolute atomic E-state index is 9.10. The summed E-state index contributed by atoms with van der Waals surface area (Å²) in [7, 11) is 0. The van der Waals surface area contributed by atoms with Gasteiger partial charge in [-0.15, -0.1) is 0 Å². The van der Waals surface area contributed by atoms with E-state index < -0.39 is 12.1 Å². The molecule has 0 bridgehead atoms. The zero-order valence-electron chi connectivity index (χ0n) is 6.74. The molecule has 0 saturated carbocycles. The van der Waals surface area contributed by atoms with Crippen LogP contribution in [0.15, 0.2) is 16.5 Å². The molecule has 3 heteroatoms. The molecule has 0 aromatic carbocycles. The Morgan fingerprint density at radius 2 is 2.18 bits per heavy atom. The highest BCUT2D eigenvalue weighted by Crippen LogP contribution is 2.16. The van der Waals surface area contributed by atoms with Gasteiger partial charge < -0.3 is 15.3 Å². The van der Waals surface area contributed by atoms with Crippen LogP contribution < -0.4 is 5.73 Å². The van der Waals surface area contributed by atoms with Crippen molar-refractivity contribution in [2.24, 2.45) is 5.73 Å². The van der Waals surface area contributed by atoms with Gasteiger partial charge in [0.25, 0.3) is 0 Å². The minimum Gasteiger partial charge on any atom is -0.465 e. The number of aryl methyl sites for hydroxylation is 1. The van der Waals surface area contributed by atoms with Crippen molar-refractivity contribution in [3.05, 3.63) is 23.7 Å². The summed E-state index contributed by atoms with van der Waals surface area (Å²) in [6.07, 6.45) is -0.569. The van der Waals surface area contributed by atoms with E-state index in [0.29, 0.717) is 5.76 Å². The van der Waals surface area contributed by atoms with Gasteiger partial charge in [-0.05, 0) is 26.0 Å². The van der Waals surface area contributed by atoms with Crippen molar-refractivity contribution in [2.75, 3.05) is 0 Å². The highest BCUT2D eigenvalue weighted by Gasteiger charge is 2.14. The summed E-state index contributed by atoms with van der Waals surface area (Å²) in [4.78, 5) is 0. The second kappa shape index (κ2) is 3.07. The highest BCUT2D eigenvalue weighted by molar-refractivity contribution is 5.09. The second-order valence-corrected chi connectivity index (χ2v) is 2.71. The van der Waals surface area contributed by atoms with Gasteiger partial charge in [0.2, 0.25) is 0 Å². The van der Waals surface area contributed by atoms with Gasteiger partial charge in [-0.2, -0.15) is 0 Å². The molecular formula is C8H13NO2. The van der Waals surface area contributed by atoms with Crippen molar-refractivity contribution in [1.82, 2.24) is 0 Å². The molecule has 11 heavy (non-hydrogen) atoms. The number of furan rings is 1. The number of aliphatic hydroxyl groups is 1. The van der Waals surface area contributed by atoms with Crippen molar-refractivity contribution in [3.63, 3.8) is 0 Å². The molecule has 0 fully saturated rings. The van der Waals surface area contributed by atoms with E-state index in [4.69, 9.17) is 15.3 Å². The van der Waals surface area contributed by atoms with Crippen LogP contribution in [0.2, 0.25) is 0 Å². The van der Waals surface area contributed by atoms with Gasteiger partial charge in [-0.1, -0.05) is 0 Å². The third kappa shape index (κ3) is 1.82. The molecule has 0 aliphatic heterocycles. The third-order valence-electron chi connectivity index (χ3n) is 1.61. The van der Waals surface area contributed by atoms with Gasteiger partial charge in [-0.3, -0.25) is 0 Å². The largest absolute Gasteiger partial charge is 0.465 e.